The lowest BCUT2D eigenvalue weighted by atomic mass is 10.0. The Morgan fingerprint density at radius 1 is 1.26 bits per heavy atom. The number of halogens is 1. The van der Waals surface area contributed by atoms with E-state index in [1.54, 1.807) is 0 Å². The van der Waals surface area contributed by atoms with Gasteiger partial charge in [-0.1, -0.05) is 44.2 Å². The number of benzene rings is 1. The van der Waals surface area contributed by atoms with Gasteiger partial charge in [0.05, 0.1) is 24.5 Å². The third-order valence-corrected chi connectivity index (χ3v) is 4.11. The van der Waals surface area contributed by atoms with E-state index in [-0.39, 0.29) is 0 Å². The number of hydrogen-bond acceptors (Lipinski definition) is 2. The van der Waals surface area contributed by atoms with Crippen molar-refractivity contribution in [3.8, 4) is 11.3 Å². The van der Waals surface area contributed by atoms with E-state index in [2.05, 4.69) is 36.7 Å². The molecule has 0 radical (unpaired) electrons. The molecule has 0 saturated heterocycles. The molecule has 0 saturated carbocycles. The first-order valence-corrected chi connectivity index (χ1v) is 7.03. The third-order valence-electron chi connectivity index (χ3n) is 3.74. The molecule has 0 fully saturated rings. The van der Waals surface area contributed by atoms with Crippen molar-refractivity contribution in [3.05, 3.63) is 42.1 Å². The molecule has 100 valence electrons. The minimum absolute atomic E-state index is 0.345. The molecule has 19 heavy (non-hydrogen) atoms. The van der Waals surface area contributed by atoms with Gasteiger partial charge in [-0.3, -0.25) is 4.68 Å². The Bertz CT molecular complexity index is 562. The summed E-state index contributed by atoms with van der Waals surface area (Å²) in [7, 11) is 0. The Morgan fingerprint density at radius 2 is 2.00 bits per heavy atom. The first-order valence-electron chi connectivity index (χ1n) is 6.69. The van der Waals surface area contributed by atoms with Crippen molar-refractivity contribution >= 4 is 11.8 Å². The zero-order valence-electron chi connectivity index (χ0n) is 11.3. The highest BCUT2D eigenvalue weighted by atomic mass is 35.5. The Morgan fingerprint density at radius 3 is 2.68 bits per heavy atom. The second-order valence-electron chi connectivity index (χ2n) is 5.44. The van der Waals surface area contributed by atoms with Gasteiger partial charge in [0.1, 0.15) is 0 Å². The maximum absolute atomic E-state index is 6.35. The fourth-order valence-electron chi connectivity index (χ4n) is 2.56. The van der Waals surface area contributed by atoms with Crippen molar-refractivity contribution in [2.24, 2.45) is 5.92 Å². The molecule has 1 unspecified atom stereocenters. The molecule has 1 aliphatic heterocycles. The molecule has 2 aromatic rings. The lowest BCUT2D eigenvalue weighted by Crippen LogP contribution is -2.40. The highest BCUT2D eigenvalue weighted by Gasteiger charge is 2.28. The van der Waals surface area contributed by atoms with Gasteiger partial charge in [0.15, 0.2) is 0 Å². The molecule has 1 aromatic heterocycles. The van der Waals surface area contributed by atoms with Crippen molar-refractivity contribution in [2.45, 2.75) is 33.0 Å². The van der Waals surface area contributed by atoms with Crippen molar-refractivity contribution in [1.29, 1.82) is 0 Å². The summed E-state index contributed by atoms with van der Waals surface area (Å²) >= 11 is 6.35. The van der Waals surface area contributed by atoms with Crippen LogP contribution in [0.15, 0.2) is 36.4 Å². The minimum Gasteiger partial charge on any atom is -0.266 e. The van der Waals surface area contributed by atoms with Gasteiger partial charge in [0.25, 0.3) is 0 Å². The molecule has 0 aliphatic carbocycles. The van der Waals surface area contributed by atoms with Gasteiger partial charge in [0, 0.05) is 11.6 Å². The van der Waals surface area contributed by atoms with Crippen LogP contribution in [-0.2, 0) is 13.1 Å². The molecular formula is C15H18ClN3. The zero-order valence-corrected chi connectivity index (χ0v) is 12.0. The standard InChI is InChI=1S/C15H18ClN3/c1-11(2)15-10-19-13(9-18(15)16)8-14(17-19)12-6-4-3-5-7-12/h3-8,11,15H,9-10H2,1-2H3. The van der Waals surface area contributed by atoms with Gasteiger partial charge < -0.3 is 0 Å². The van der Waals surface area contributed by atoms with Crippen LogP contribution in [-0.4, -0.2) is 20.2 Å². The van der Waals surface area contributed by atoms with Gasteiger partial charge in [0.2, 0.25) is 0 Å². The van der Waals surface area contributed by atoms with Crippen LogP contribution >= 0.6 is 11.8 Å². The topological polar surface area (TPSA) is 21.1 Å². The average molecular weight is 276 g/mol. The third kappa shape index (κ3) is 2.40. The van der Waals surface area contributed by atoms with Gasteiger partial charge in [-0.05, 0) is 23.8 Å². The van der Waals surface area contributed by atoms with Crippen molar-refractivity contribution in [1.82, 2.24) is 14.2 Å². The summed E-state index contributed by atoms with van der Waals surface area (Å²) in [6, 6.07) is 12.8. The molecule has 3 rings (SSSR count). The first-order chi connectivity index (χ1) is 9.15. The van der Waals surface area contributed by atoms with Crippen molar-refractivity contribution in [2.75, 3.05) is 0 Å². The maximum atomic E-state index is 6.35. The molecule has 1 aromatic carbocycles. The van der Waals surface area contributed by atoms with E-state index in [0.29, 0.717) is 12.0 Å². The van der Waals surface area contributed by atoms with E-state index >= 15 is 0 Å². The maximum Gasteiger partial charge on any atom is 0.0926 e. The van der Waals surface area contributed by atoms with E-state index in [1.165, 1.54) is 5.69 Å². The highest BCUT2D eigenvalue weighted by molar-refractivity contribution is 6.13. The van der Waals surface area contributed by atoms with Crippen LogP contribution in [0.4, 0.5) is 0 Å². The van der Waals surface area contributed by atoms with Crippen LogP contribution in [0.2, 0.25) is 0 Å². The molecule has 2 heterocycles. The summed E-state index contributed by atoms with van der Waals surface area (Å²) in [5.74, 6) is 0.523. The minimum atomic E-state index is 0.345. The van der Waals surface area contributed by atoms with Gasteiger partial charge in [-0.2, -0.15) is 5.10 Å². The van der Waals surface area contributed by atoms with Gasteiger partial charge in [-0.15, -0.1) is 0 Å². The molecule has 1 atom stereocenters. The molecular weight excluding hydrogens is 258 g/mol. The SMILES string of the molecule is CC(C)C1Cn2nc(-c3ccccc3)cc2CN1Cl. The van der Waals surface area contributed by atoms with E-state index in [9.17, 15) is 0 Å². The fourth-order valence-corrected chi connectivity index (χ4v) is 2.97. The largest absolute Gasteiger partial charge is 0.266 e. The van der Waals surface area contributed by atoms with E-state index in [0.717, 1.165) is 24.3 Å². The van der Waals surface area contributed by atoms with Crippen molar-refractivity contribution < 1.29 is 0 Å². The Labute approximate surface area is 118 Å². The number of hydrogen-bond donors (Lipinski definition) is 0. The predicted molar refractivity (Wildman–Crippen MR) is 77.7 cm³/mol. The summed E-state index contributed by atoms with van der Waals surface area (Å²) in [4.78, 5) is 0. The first kappa shape index (κ1) is 12.7. The van der Waals surface area contributed by atoms with Gasteiger partial charge in [-0.25, -0.2) is 4.42 Å². The molecule has 0 N–H and O–H groups in total. The Hall–Kier alpha value is -1.32. The number of aromatic nitrogens is 2. The quantitative estimate of drug-likeness (QED) is 0.782. The van der Waals surface area contributed by atoms with Crippen LogP contribution in [0.3, 0.4) is 0 Å². The Balaban J connectivity index is 1.93. The van der Waals surface area contributed by atoms with Crippen LogP contribution in [0.1, 0.15) is 19.5 Å². The van der Waals surface area contributed by atoms with Crippen LogP contribution in [0.25, 0.3) is 11.3 Å². The summed E-state index contributed by atoms with van der Waals surface area (Å²) < 4.78 is 4.02. The molecule has 0 amide bonds. The summed E-state index contributed by atoms with van der Waals surface area (Å²) in [6.07, 6.45) is 0. The molecule has 3 nitrogen and oxygen atoms in total. The monoisotopic (exact) mass is 275 g/mol. The van der Waals surface area contributed by atoms with Crippen LogP contribution in [0, 0.1) is 5.92 Å². The van der Waals surface area contributed by atoms with E-state index < -0.39 is 0 Å². The molecule has 4 heteroatoms. The van der Waals surface area contributed by atoms with Crippen LogP contribution in [0.5, 0.6) is 0 Å². The lowest BCUT2D eigenvalue weighted by molar-refractivity contribution is 0.192. The lowest BCUT2D eigenvalue weighted by Gasteiger charge is -2.33. The number of rotatable bonds is 2. The van der Waals surface area contributed by atoms with Crippen LogP contribution < -0.4 is 0 Å². The molecule has 1 aliphatic rings. The second-order valence-corrected chi connectivity index (χ2v) is 5.87. The summed E-state index contributed by atoms with van der Waals surface area (Å²) in [5.41, 5.74) is 3.38. The fraction of sp³-hybridized carbons (Fsp3) is 0.400. The normalized spacial score (nSPS) is 19.7. The molecule has 0 bridgehead atoms. The highest BCUT2D eigenvalue weighted by Crippen LogP contribution is 2.27. The predicted octanol–water partition coefficient (Wildman–Crippen LogP) is 3.54. The second kappa shape index (κ2) is 4.99. The molecule has 0 spiro atoms. The Kier molecular flexibility index (Phi) is 3.33. The summed E-state index contributed by atoms with van der Waals surface area (Å²) in [5, 5.41) is 4.72. The summed E-state index contributed by atoms with van der Waals surface area (Å²) in [6.45, 7) is 6.02. The van der Waals surface area contributed by atoms with E-state index in [4.69, 9.17) is 16.9 Å². The zero-order chi connectivity index (χ0) is 13.4. The number of nitrogens with zero attached hydrogens (tertiary/aromatic N) is 3. The smallest absolute Gasteiger partial charge is 0.0926 e. The van der Waals surface area contributed by atoms with Gasteiger partial charge >= 0.3 is 0 Å². The van der Waals surface area contributed by atoms with Crippen molar-refractivity contribution in [3.63, 3.8) is 0 Å². The average Bonchev–Trinajstić information content (AvgIpc) is 2.81. The number of fused-ring (bicyclic) bond motifs is 1. The van der Waals surface area contributed by atoms with E-state index in [1.807, 2.05) is 22.6 Å².